The van der Waals surface area contributed by atoms with Crippen molar-refractivity contribution in [2.75, 3.05) is 6.61 Å². The van der Waals surface area contributed by atoms with Gasteiger partial charge in [0.2, 0.25) is 5.91 Å². The zero-order valence-corrected chi connectivity index (χ0v) is 11.7. The van der Waals surface area contributed by atoms with E-state index in [0.29, 0.717) is 6.42 Å². The lowest BCUT2D eigenvalue weighted by Crippen LogP contribution is -2.32. The van der Waals surface area contributed by atoms with Crippen molar-refractivity contribution in [2.24, 2.45) is 0 Å². The van der Waals surface area contributed by atoms with Crippen molar-refractivity contribution in [3.05, 3.63) is 47.3 Å². The SMILES string of the molecule is O=C(CO)N[C@@H]1CCCc2c1cnn2-c1ccc(F)cc1F. The molecule has 0 saturated heterocycles. The van der Waals surface area contributed by atoms with Crippen molar-refractivity contribution in [3.63, 3.8) is 0 Å². The molecular formula is C15H15F2N3O2. The van der Waals surface area contributed by atoms with E-state index in [4.69, 9.17) is 5.11 Å². The van der Waals surface area contributed by atoms with Gasteiger partial charge in [0, 0.05) is 17.3 Å². The van der Waals surface area contributed by atoms with Crippen LogP contribution < -0.4 is 5.32 Å². The Bertz CT molecular complexity index is 715. The van der Waals surface area contributed by atoms with Gasteiger partial charge in [-0.1, -0.05) is 0 Å². The molecule has 116 valence electrons. The fourth-order valence-corrected chi connectivity index (χ4v) is 2.81. The molecule has 0 fully saturated rings. The number of nitrogens with zero attached hydrogens (tertiary/aromatic N) is 2. The van der Waals surface area contributed by atoms with E-state index in [-0.39, 0.29) is 11.7 Å². The first kappa shape index (κ1) is 14.6. The summed E-state index contributed by atoms with van der Waals surface area (Å²) in [6, 6.07) is 3.09. The topological polar surface area (TPSA) is 67.2 Å². The molecule has 2 N–H and O–H groups in total. The third-order valence-electron chi connectivity index (χ3n) is 3.80. The molecule has 1 amide bonds. The molecule has 0 saturated carbocycles. The number of fused-ring (bicyclic) bond motifs is 1. The largest absolute Gasteiger partial charge is 0.387 e. The molecule has 1 aromatic carbocycles. The molecule has 0 radical (unpaired) electrons. The number of carbonyl (C=O) groups excluding carboxylic acids is 1. The Balaban J connectivity index is 1.98. The average Bonchev–Trinajstić information content (AvgIpc) is 2.92. The number of nitrogens with one attached hydrogen (secondary N) is 1. The van der Waals surface area contributed by atoms with E-state index in [0.717, 1.165) is 30.2 Å². The highest BCUT2D eigenvalue weighted by Gasteiger charge is 2.26. The number of rotatable bonds is 3. The van der Waals surface area contributed by atoms with Crippen LogP contribution in [0.3, 0.4) is 0 Å². The second-order valence-electron chi connectivity index (χ2n) is 5.22. The lowest BCUT2D eigenvalue weighted by molar-refractivity contribution is -0.124. The molecule has 7 heteroatoms. The Morgan fingerprint density at radius 2 is 2.27 bits per heavy atom. The van der Waals surface area contributed by atoms with Crippen LogP contribution in [0.5, 0.6) is 0 Å². The summed E-state index contributed by atoms with van der Waals surface area (Å²) in [5.41, 5.74) is 1.77. The maximum atomic E-state index is 13.9. The second-order valence-corrected chi connectivity index (χ2v) is 5.22. The van der Waals surface area contributed by atoms with E-state index in [1.54, 1.807) is 6.20 Å². The summed E-state index contributed by atoms with van der Waals surface area (Å²) in [7, 11) is 0. The van der Waals surface area contributed by atoms with E-state index in [1.165, 1.54) is 16.8 Å². The van der Waals surface area contributed by atoms with Crippen molar-refractivity contribution in [1.82, 2.24) is 15.1 Å². The molecule has 22 heavy (non-hydrogen) atoms. The Kier molecular flexibility index (Phi) is 3.89. The van der Waals surface area contributed by atoms with Gasteiger partial charge in [-0.05, 0) is 31.4 Å². The fraction of sp³-hybridized carbons (Fsp3) is 0.333. The molecule has 1 aromatic heterocycles. The molecule has 3 rings (SSSR count). The highest BCUT2D eigenvalue weighted by molar-refractivity contribution is 5.77. The van der Waals surface area contributed by atoms with Gasteiger partial charge in [0.1, 0.15) is 18.1 Å². The minimum absolute atomic E-state index is 0.178. The van der Waals surface area contributed by atoms with Crippen molar-refractivity contribution >= 4 is 5.91 Å². The quantitative estimate of drug-likeness (QED) is 0.906. The highest BCUT2D eigenvalue weighted by atomic mass is 19.1. The van der Waals surface area contributed by atoms with Gasteiger partial charge in [-0.2, -0.15) is 5.10 Å². The number of benzene rings is 1. The van der Waals surface area contributed by atoms with E-state index in [2.05, 4.69) is 10.4 Å². The van der Waals surface area contributed by atoms with E-state index in [1.807, 2.05) is 0 Å². The van der Waals surface area contributed by atoms with Crippen molar-refractivity contribution in [1.29, 1.82) is 0 Å². The summed E-state index contributed by atoms with van der Waals surface area (Å²) in [6.07, 6.45) is 3.81. The Hall–Kier alpha value is -2.28. The molecule has 1 heterocycles. The number of hydrogen-bond donors (Lipinski definition) is 2. The van der Waals surface area contributed by atoms with Gasteiger partial charge in [0.05, 0.1) is 12.2 Å². The zero-order valence-electron chi connectivity index (χ0n) is 11.7. The first-order valence-corrected chi connectivity index (χ1v) is 7.02. The summed E-state index contributed by atoms with van der Waals surface area (Å²) in [6.45, 7) is -0.577. The maximum absolute atomic E-state index is 13.9. The molecule has 1 atom stereocenters. The van der Waals surface area contributed by atoms with Crippen LogP contribution in [0.1, 0.15) is 30.1 Å². The molecule has 0 spiro atoms. The predicted molar refractivity (Wildman–Crippen MR) is 74.4 cm³/mol. The summed E-state index contributed by atoms with van der Waals surface area (Å²) < 4.78 is 28.4. The Morgan fingerprint density at radius 3 is 3.00 bits per heavy atom. The molecule has 2 aromatic rings. The van der Waals surface area contributed by atoms with Crippen LogP contribution in [0.25, 0.3) is 5.69 Å². The number of amides is 1. The monoisotopic (exact) mass is 307 g/mol. The van der Waals surface area contributed by atoms with Crippen molar-refractivity contribution in [3.8, 4) is 5.69 Å². The number of aliphatic hydroxyl groups is 1. The maximum Gasteiger partial charge on any atom is 0.246 e. The molecule has 0 aliphatic heterocycles. The predicted octanol–water partition coefficient (Wildman–Crippen LogP) is 1.64. The number of hydrogen-bond acceptors (Lipinski definition) is 3. The van der Waals surface area contributed by atoms with E-state index < -0.39 is 24.1 Å². The van der Waals surface area contributed by atoms with Gasteiger partial charge >= 0.3 is 0 Å². The first-order valence-electron chi connectivity index (χ1n) is 7.02. The first-order chi connectivity index (χ1) is 10.6. The lowest BCUT2D eigenvalue weighted by Gasteiger charge is -2.24. The molecular weight excluding hydrogens is 292 g/mol. The van der Waals surface area contributed by atoms with Gasteiger partial charge in [-0.25, -0.2) is 13.5 Å². The summed E-state index contributed by atoms with van der Waals surface area (Å²) in [4.78, 5) is 11.4. The molecule has 0 unspecified atom stereocenters. The van der Waals surface area contributed by atoms with Crippen molar-refractivity contribution in [2.45, 2.75) is 25.3 Å². The summed E-state index contributed by atoms with van der Waals surface area (Å²) in [5, 5.41) is 15.7. The van der Waals surface area contributed by atoms with Crippen LogP contribution in [-0.4, -0.2) is 27.4 Å². The Labute approximate surface area is 125 Å². The van der Waals surface area contributed by atoms with Crippen LogP contribution >= 0.6 is 0 Å². The third kappa shape index (κ3) is 2.59. The number of aliphatic hydroxyl groups excluding tert-OH is 1. The smallest absolute Gasteiger partial charge is 0.246 e. The fourth-order valence-electron chi connectivity index (χ4n) is 2.81. The summed E-state index contributed by atoms with van der Waals surface area (Å²) in [5.74, 6) is -1.79. The van der Waals surface area contributed by atoms with Gasteiger partial charge < -0.3 is 10.4 Å². The number of halogens is 2. The number of carbonyl (C=O) groups is 1. The second kappa shape index (κ2) is 5.84. The average molecular weight is 307 g/mol. The molecule has 0 bridgehead atoms. The Morgan fingerprint density at radius 1 is 1.45 bits per heavy atom. The summed E-state index contributed by atoms with van der Waals surface area (Å²) >= 11 is 0. The van der Waals surface area contributed by atoms with Gasteiger partial charge in [-0.15, -0.1) is 0 Å². The van der Waals surface area contributed by atoms with Crippen molar-refractivity contribution < 1.29 is 18.7 Å². The normalized spacial score (nSPS) is 17.1. The molecule has 1 aliphatic carbocycles. The standard InChI is InChI=1S/C15H15F2N3O2/c16-9-4-5-14(11(17)6-9)20-13-3-1-2-12(10(13)7-18-20)19-15(22)8-21/h4-7,12,21H,1-3,8H2,(H,19,22)/t12-/m1/s1. The third-order valence-corrected chi connectivity index (χ3v) is 3.80. The zero-order chi connectivity index (χ0) is 15.7. The van der Waals surface area contributed by atoms with Crippen LogP contribution in [0, 0.1) is 11.6 Å². The van der Waals surface area contributed by atoms with E-state index in [9.17, 15) is 13.6 Å². The molecule has 1 aliphatic rings. The van der Waals surface area contributed by atoms with Crippen LogP contribution in [0.2, 0.25) is 0 Å². The van der Waals surface area contributed by atoms with Crippen LogP contribution in [0.4, 0.5) is 8.78 Å². The number of aromatic nitrogens is 2. The van der Waals surface area contributed by atoms with Gasteiger partial charge in [0.25, 0.3) is 0 Å². The van der Waals surface area contributed by atoms with Crippen LogP contribution in [0.15, 0.2) is 24.4 Å². The van der Waals surface area contributed by atoms with E-state index >= 15 is 0 Å². The van der Waals surface area contributed by atoms with Crippen LogP contribution in [-0.2, 0) is 11.2 Å². The minimum Gasteiger partial charge on any atom is -0.387 e. The lowest BCUT2D eigenvalue weighted by atomic mass is 9.93. The van der Waals surface area contributed by atoms with Gasteiger partial charge in [-0.3, -0.25) is 4.79 Å². The highest BCUT2D eigenvalue weighted by Crippen LogP contribution is 2.31. The van der Waals surface area contributed by atoms with Gasteiger partial charge in [0.15, 0.2) is 5.82 Å². The minimum atomic E-state index is -0.688. The molecule has 5 nitrogen and oxygen atoms in total.